The second-order valence-corrected chi connectivity index (χ2v) is 6.88. The fraction of sp³-hybridized carbons (Fsp3) is 0.750. The molecule has 2 N–H and O–H groups in total. The molecule has 0 aliphatic carbocycles. The first-order chi connectivity index (χ1) is 9.62. The van der Waals surface area contributed by atoms with Crippen molar-refractivity contribution in [1.82, 2.24) is 15.3 Å². The van der Waals surface area contributed by atoms with Gasteiger partial charge >= 0.3 is 6.09 Å². The first-order valence-electron chi connectivity index (χ1n) is 7.67. The van der Waals surface area contributed by atoms with Gasteiger partial charge in [0.25, 0.3) is 0 Å². The van der Waals surface area contributed by atoms with Crippen LogP contribution in [0.3, 0.4) is 0 Å². The van der Waals surface area contributed by atoms with E-state index in [-0.39, 0.29) is 6.04 Å². The molecule has 5 heteroatoms. The number of hydrogen-bond acceptors (Lipinski definition) is 3. The zero-order chi connectivity index (χ0) is 16.2. The van der Waals surface area contributed by atoms with Crippen LogP contribution in [-0.2, 0) is 11.2 Å². The van der Waals surface area contributed by atoms with Gasteiger partial charge in [-0.3, -0.25) is 0 Å². The summed E-state index contributed by atoms with van der Waals surface area (Å²) in [6, 6.07) is -0.154. The third kappa shape index (κ3) is 5.78. The van der Waals surface area contributed by atoms with Gasteiger partial charge in [-0.1, -0.05) is 20.8 Å². The molecule has 120 valence electrons. The number of nitrogens with zero attached hydrogens (tertiary/aromatic N) is 1. The average molecular weight is 295 g/mol. The van der Waals surface area contributed by atoms with Crippen LogP contribution in [0.25, 0.3) is 0 Å². The number of aromatic amines is 1. The maximum absolute atomic E-state index is 12.0. The van der Waals surface area contributed by atoms with Crippen LogP contribution in [0.1, 0.15) is 71.2 Å². The molecule has 0 fully saturated rings. The Balaban J connectivity index is 2.87. The molecule has 0 spiro atoms. The SMILES string of the molecule is CCc1nc(C(CC(C)C)NC(=O)OC(C)(C)C)[nH]c1C. The van der Waals surface area contributed by atoms with E-state index in [0.717, 1.165) is 30.1 Å². The third-order valence-electron chi connectivity index (χ3n) is 3.07. The molecule has 1 aromatic rings. The summed E-state index contributed by atoms with van der Waals surface area (Å²) in [6.45, 7) is 13.9. The van der Waals surface area contributed by atoms with Crippen molar-refractivity contribution >= 4 is 6.09 Å². The molecule has 0 bridgehead atoms. The molecule has 1 amide bonds. The van der Waals surface area contributed by atoms with Crippen LogP contribution in [0, 0.1) is 12.8 Å². The minimum atomic E-state index is -0.500. The lowest BCUT2D eigenvalue weighted by Crippen LogP contribution is -2.35. The quantitative estimate of drug-likeness (QED) is 0.866. The summed E-state index contributed by atoms with van der Waals surface area (Å²) >= 11 is 0. The summed E-state index contributed by atoms with van der Waals surface area (Å²) in [5.74, 6) is 1.25. The number of nitrogens with one attached hydrogen (secondary N) is 2. The Bertz CT molecular complexity index is 472. The van der Waals surface area contributed by atoms with Crippen molar-refractivity contribution in [1.29, 1.82) is 0 Å². The van der Waals surface area contributed by atoms with Crippen molar-refractivity contribution < 1.29 is 9.53 Å². The number of ether oxygens (including phenoxy) is 1. The zero-order valence-corrected chi connectivity index (χ0v) is 14.3. The molecular formula is C16H29N3O2. The van der Waals surface area contributed by atoms with Crippen molar-refractivity contribution in [2.75, 3.05) is 0 Å². The second kappa shape index (κ2) is 6.96. The van der Waals surface area contributed by atoms with Crippen molar-refractivity contribution in [3.63, 3.8) is 0 Å². The zero-order valence-electron chi connectivity index (χ0n) is 14.3. The van der Waals surface area contributed by atoms with Crippen LogP contribution in [0.4, 0.5) is 4.79 Å². The van der Waals surface area contributed by atoms with E-state index in [2.05, 4.69) is 36.1 Å². The Labute approximate surface area is 127 Å². The number of H-pyrrole nitrogens is 1. The molecule has 1 rings (SSSR count). The molecule has 1 unspecified atom stereocenters. The highest BCUT2D eigenvalue weighted by Crippen LogP contribution is 2.21. The minimum Gasteiger partial charge on any atom is -0.444 e. The Morgan fingerprint density at radius 3 is 2.43 bits per heavy atom. The molecule has 1 atom stereocenters. The Hall–Kier alpha value is -1.52. The van der Waals surface area contributed by atoms with Crippen molar-refractivity contribution in [2.24, 2.45) is 5.92 Å². The highest BCUT2D eigenvalue weighted by molar-refractivity contribution is 5.68. The largest absolute Gasteiger partial charge is 0.444 e. The number of hydrogen-bond donors (Lipinski definition) is 2. The molecule has 0 aliphatic heterocycles. The Morgan fingerprint density at radius 2 is 2.00 bits per heavy atom. The van der Waals surface area contributed by atoms with Crippen LogP contribution < -0.4 is 5.32 Å². The van der Waals surface area contributed by atoms with Crippen molar-refractivity contribution in [3.8, 4) is 0 Å². The number of aromatic nitrogens is 2. The van der Waals surface area contributed by atoms with Gasteiger partial charge in [0.1, 0.15) is 11.4 Å². The molecule has 1 heterocycles. The number of rotatable bonds is 5. The fourth-order valence-electron chi connectivity index (χ4n) is 2.19. The summed E-state index contributed by atoms with van der Waals surface area (Å²) in [6.07, 6.45) is 1.29. The van der Waals surface area contributed by atoms with Crippen molar-refractivity contribution in [2.45, 2.75) is 73.0 Å². The lowest BCUT2D eigenvalue weighted by molar-refractivity contribution is 0.0495. The summed E-state index contributed by atoms with van der Waals surface area (Å²) < 4.78 is 5.34. The second-order valence-electron chi connectivity index (χ2n) is 6.88. The number of imidazole rings is 1. The first kappa shape index (κ1) is 17.5. The molecule has 0 saturated carbocycles. The summed E-state index contributed by atoms with van der Waals surface area (Å²) in [5.41, 5.74) is 1.61. The molecule has 0 aromatic carbocycles. The summed E-state index contributed by atoms with van der Waals surface area (Å²) in [5, 5.41) is 2.93. The molecule has 0 aliphatic rings. The van der Waals surface area contributed by atoms with Gasteiger partial charge in [0.15, 0.2) is 0 Å². The Morgan fingerprint density at radius 1 is 1.38 bits per heavy atom. The van der Waals surface area contributed by atoms with Gasteiger partial charge < -0.3 is 15.0 Å². The standard InChI is InChI=1S/C16H29N3O2/c1-8-12-11(4)17-14(18-12)13(9-10(2)3)19-15(20)21-16(5,6)7/h10,13H,8-9H2,1-7H3,(H,17,18)(H,19,20). The molecule has 0 radical (unpaired) electrons. The van der Waals surface area contributed by atoms with Gasteiger partial charge in [-0.2, -0.15) is 0 Å². The van der Waals surface area contributed by atoms with Gasteiger partial charge in [0.2, 0.25) is 0 Å². The van der Waals surface area contributed by atoms with E-state index >= 15 is 0 Å². The maximum Gasteiger partial charge on any atom is 0.408 e. The van der Waals surface area contributed by atoms with E-state index in [1.165, 1.54) is 0 Å². The predicted octanol–water partition coefficient (Wildman–Crippen LogP) is 3.89. The third-order valence-corrected chi connectivity index (χ3v) is 3.07. The van der Waals surface area contributed by atoms with Crippen molar-refractivity contribution in [3.05, 3.63) is 17.2 Å². The average Bonchev–Trinajstić information content (AvgIpc) is 2.66. The number of alkyl carbamates (subject to hydrolysis) is 1. The number of carbonyl (C=O) groups is 1. The van der Waals surface area contributed by atoms with Gasteiger partial charge in [-0.15, -0.1) is 0 Å². The highest BCUT2D eigenvalue weighted by Gasteiger charge is 2.23. The van der Waals surface area contributed by atoms with E-state index in [1.54, 1.807) is 0 Å². The topological polar surface area (TPSA) is 67.0 Å². The van der Waals surface area contributed by atoms with E-state index < -0.39 is 11.7 Å². The van der Waals surface area contributed by atoms with Crippen LogP contribution in [-0.4, -0.2) is 21.7 Å². The van der Waals surface area contributed by atoms with E-state index in [9.17, 15) is 4.79 Å². The molecule has 0 saturated heterocycles. The maximum atomic E-state index is 12.0. The number of carbonyl (C=O) groups excluding carboxylic acids is 1. The molecule has 21 heavy (non-hydrogen) atoms. The molecule has 5 nitrogen and oxygen atoms in total. The smallest absolute Gasteiger partial charge is 0.408 e. The number of amides is 1. The number of aryl methyl sites for hydroxylation is 2. The van der Waals surface area contributed by atoms with Crippen LogP contribution in [0.5, 0.6) is 0 Å². The van der Waals surface area contributed by atoms with E-state index in [1.807, 2.05) is 27.7 Å². The summed E-state index contributed by atoms with van der Waals surface area (Å²) in [4.78, 5) is 19.9. The summed E-state index contributed by atoms with van der Waals surface area (Å²) in [7, 11) is 0. The lowest BCUT2D eigenvalue weighted by Gasteiger charge is -2.23. The Kier molecular flexibility index (Phi) is 5.81. The lowest BCUT2D eigenvalue weighted by atomic mass is 10.0. The molecular weight excluding hydrogens is 266 g/mol. The minimum absolute atomic E-state index is 0.154. The van der Waals surface area contributed by atoms with Crippen LogP contribution in [0.15, 0.2) is 0 Å². The fourth-order valence-corrected chi connectivity index (χ4v) is 2.19. The van der Waals surface area contributed by atoms with Gasteiger partial charge in [-0.05, 0) is 46.5 Å². The van der Waals surface area contributed by atoms with Gasteiger partial charge in [0, 0.05) is 5.69 Å². The first-order valence-corrected chi connectivity index (χ1v) is 7.67. The predicted molar refractivity (Wildman–Crippen MR) is 84.3 cm³/mol. The molecule has 1 aromatic heterocycles. The normalized spacial score (nSPS) is 13.3. The highest BCUT2D eigenvalue weighted by atomic mass is 16.6. The van der Waals surface area contributed by atoms with Crippen LogP contribution in [0.2, 0.25) is 0 Å². The van der Waals surface area contributed by atoms with Gasteiger partial charge in [-0.25, -0.2) is 9.78 Å². The van der Waals surface area contributed by atoms with Crippen LogP contribution >= 0.6 is 0 Å². The van der Waals surface area contributed by atoms with E-state index in [4.69, 9.17) is 4.74 Å². The monoisotopic (exact) mass is 295 g/mol. The van der Waals surface area contributed by atoms with E-state index in [0.29, 0.717) is 5.92 Å². The van der Waals surface area contributed by atoms with Gasteiger partial charge in [0.05, 0.1) is 11.7 Å².